The summed E-state index contributed by atoms with van der Waals surface area (Å²) in [7, 11) is -9.92. The number of hydrogen-bond acceptors (Lipinski definition) is 1. The molecule has 0 radical (unpaired) electrons. The number of alkyl halides is 1. The standard InChI is InChI=1S/C8H6ClF6NOS/c9-4-8(17)16-7-2-1-5(3-6(7)10)18(11,12,13,14)15/h1-3H,4H2,(H,16,17). The second-order valence-electron chi connectivity index (χ2n) is 3.29. The minimum absolute atomic E-state index is 0.00548. The molecule has 0 spiro atoms. The van der Waals surface area contributed by atoms with E-state index in [1.54, 1.807) is 0 Å². The first kappa shape index (κ1) is 15.0. The number of amides is 1. The van der Waals surface area contributed by atoms with Gasteiger partial charge in [-0.05, 0) is 18.2 Å². The summed E-state index contributed by atoms with van der Waals surface area (Å²) in [5.41, 5.74) is -0.661. The molecule has 0 saturated heterocycles. The van der Waals surface area contributed by atoms with Gasteiger partial charge in [0.1, 0.15) is 16.6 Å². The summed E-state index contributed by atoms with van der Waals surface area (Å²) in [5, 5.41) is 1.82. The maximum Gasteiger partial charge on any atom is 0.310 e. The van der Waals surface area contributed by atoms with Gasteiger partial charge >= 0.3 is 10.2 Å². The first-order valence-electron chi connectivity index (χ1n) is 4.23. The molecule has 1 aromatic carbocycles. The summed E-state index contributed by atoms with van der Waals surface area (Å²) in [6.07, 6.45) is 0. The van der Waals surface area contributed by atoms with Gasteiger partial charge in [-0.1, -0.05) is 19.4 Å². The zero-order valence-corrected chi connectivity index (χ0v) is 9.97. The van der Waals surface area contributed by atoms with Gasteiger partial charge in [-0.2, -0.15) is 0 Å². The van der Waals surface area contributed by atoms with E-state index in [-0.39, 0.29) is 12.1 Å². The van der Waals surface area contributed by atoms with Crippen molar-refractivity contribution >= 4 is 33.4 Å². The van der Waals surface area contributed by atoms with E-state index in [0.717, 1.165) is 0 Å². The number of anilines is 1. The van der Waals surface area contributed by atoms with Gasteiger partial charge in [-0.15, -0.1) is 11.6 Å². The number of rotatable bonds is 3. The van der Waals surface area contributed by atoms with Crippen LogP contribution in [0.5, 0.6) is 0 Å². The Hall–Kier alpha value is -1.09. The molecule has 2 nitrogen and oxygen atoms in total. The maximum absolute atomic E-state index is 13.1. The van der Waals surface area contributed by atoms with Gasteiger partial charge in [0, 0.05) is 0 Å². The number of nitrogens with one attached hydrogen (secondary N) is 1. The predicted molar refractivity (Wildman–Crippen MR) is 57.1 cm³/mol. The highest BCUT2D eigenvalue weighted by Gasteiger charge is 2.65. The average molecular weight is 314 g/mol. The molecule has 0 fully saturated rings. The summed E-state index contributed by atoms with van der Waals surface area (Å²) in [5.74, 6) is -3.06. The number of halogens is 7. The minimum atomic E-state index is -9.92. The van der Waals surface area contributed by atoms with Crippen LogP contribution in [0.2, 0.25) is 0 Å². The van der Waals surface area contributed by atoms with Crippen molar-refractivity contribution in [3.8, 4) is 0 Å². The molecule has 1 amide bonds. The Bertz CT molecular complexity index is 501. The quantitative estimate of drug-likeness (QED) is 0.638. The average Bonchev–Trinajstić information content (AvgIpc) is 2.17. The lowest BCUT2D eigenvalue weighted by Gasteiger charge is -2.40. The molecule has 10 heteroatoms. The monoisotopic (exact) mass is 313 g/mol. The number of carbonyl (C=O) groups excluding carboxylic acids is 1. The van der Waals surface area contributed by atoms with Gasteiger partial charge in [-0.3, -0.25) is 4.79 Å². The van der Waals surface area contributed by atoms with E-state index in [0.29, 0.717) is 6.07 Å². The first-order valence-corrected chi connectivity index (χ1v) is 6.71. The molecular weight excluding hydrogens is 308 g/mol. The van der Waals surface area contributed by atoms with E-state index in [1.807, 2.05) is 5.32 Å². The van der Waals surface area contributed by atoms with Crippen LogP contribution in [0.25, 0.3) is 0 Å². The molecule has 18 heavy (non-hydrogen) atoms. The lowest BCUT2D eigenvalue weighted by atomic mass is 10.3. The lowest BCUT2D eigenvalue weighted by molar-refractivity contribution is -0.113. The predicted octanol–water partition coefficient (Wildman–Crippen LogP) is 4.66. The molecule has 1 aromatic rings. The largest absolute Gasteiger partial charge is 0.323 e. The molecule has 0 heterocycles. The summed E-state index contributed by atoms with van der Waals surface area (Å²) in [6, 6.07) is 0.0207. The van der Waals surface area contributed by atoms with Gasteiger partial charge in [0.2, 0.25) is 5.91 Å². The Labute approximate surface area is 103 Å². The van der Waals surface area contributed by atoms with E-state index in [2.05, 4.69) is 0 Å². The van der Waals surface area contributed by atoms with Crippen molar-refractivity contribution in [3.63, 3.8) is 0 Å². The van der Waals surface area contributed by atoms with Crippen LogP contribution in [0.3, 0.4) is 0 Å². The van der Waals surface area contributed by atoms with Crippen LogP contribution in [-0.4, -0.2) is 11.8 Å². The van der Waals surface area contributed by atoms with Crippen LogP contribution in [0.15, 0.2) is 23.1 Å². The fraction of sp³-hybridized carbons (Fsp3) is 0.125. The van der Waals surface area contributed by atoms with Crippen LogP contribution in [0.1, 0.15) is 0 Å². The fourth-order valence-corrected chi connectivity index (χ4v) is 1.74. The summed E-state index contributed by atoms with van der Waals surface area (Å²) in [6.45, 7) is 0. The van der Waals surface area contributed by atoms with Crippen LogP contribution in [0, 0.1) is 5.82 Å². The highest BCUT2D eigenvalue weighted by atomic mass is 35.5. The Kier molecular flexibility index (Phi) is 3.08. The second kappa shape index (κ2) is 3.70. The summed E-state index contributed by atoms with van der Waals surface area (Å²) < 4.78 is 74.7. The Morgan fingerprint density at radius 2 is 1.78 bits per heavy atom. The molecule has 0 aliphatic rings. The number of hydrogen-bond donors (Lipinski definition) is 1. The molecule has 1 rings (SSSR count). The van der Waals surface area contributed by atoms with Gasteiger partial charge in [0.05, 0.1) is 5.69 Å². The molecule has 0 aliphatic carbocycles. The Balaban J connectivity index is 3.20. The Morgan fingerprint density at radius 3 is 2.17 bits per heavy atom. The zero-order chi connectivity index (χ0) is 14.3. The number of carbonyl (C=O) groups is 1. The summed E-state index contributed by atoms with van der Waals surface area (Å²) in [4.78, 5) is 8.40. The van der Waals surface area contributed by atoms with Gasteiger partial charge in [0.25, 0.3) is 0 Å². The molecule has 0 bridgehead atoms. The van der Waals surface area contributed by atoms with E-state index in [1.165, 1.54) is 0 Å². The normalized spacial score (nSPS) is 15.7. The summed E-state index contributed by atoms with van der Waals surface area (Å²) >= 11 is 5.07. The Morgan fingerprint density at radius 1 is 1.22 bits per heavy atom. The topological polar surface area (TPSA) is 29.1 Å². The molecule has 0 aliphatic heterocycles. The third kappa shape index (κ3) is 3.70. The van der Waals surface area contributed by atoms with Crippen molar-refractivity contribution in [2.24, 2.45) is 0 Å². The van der Waals surface area contributed by atoms with E-state index >= 15 is 0 Å². The highest BCUT2D eigenvalue weighted by Crippen LogP contribution is 3.02. The smallest absolute Gasteiger partial charge is 0.310 e. The van der Waals surface area contributed by atoms with Crippen LogP contribution in [0.4, 0.5) is 29.5 Å². The third-order valence-electron chi connectivity index (χ3n) is 1.78. The fourth-order valence-electron chi connectivity index (χ4n) is 1.02. The van der Waals surface area contributed by atoms with Crippen LogP contribution < -0.4 is 5.32 Å². The zero-order valence-electron chi connectivity index (χ0n) is 8.40. The SMILES string of the molecule is O=C(CCl)Nc1ccc(S(F)(F)(F)(F)F)cc1F. The molecule has 0 unspecified atom stereocenters. The van der Waals surface area contributed by atoms with Crippen LogP contribution >= 0.6 is 21.8 Å². The molecule has 104 valence electrons. The molecule has 0 aromatic heterocycles. The van der Waals surface area contributed by atoms with Crippen molar-refractivity contribution < 1.29 is 28.6 Å². The van der Waals surface area contributed by atoms with Crippen molar-refractivity contribution in [2.75, 3.05) is 11.2 Å². The first-order chi connectivity index (χ1) is 7.83. The molecule has 1 N–H and O–H groups in total. The number of benzene rings is 1. The third-order valence-corrected chi connectivity index (χ3v) is 3.17. The van der Waals surface area contributed by atoms with Crippen molar-refractivity contribution in [1.29, 1.82) is 0 Å². The van der Waals surface area contributed by atoms with E-state index in [4.69, 9.17) is 11.6 Å². The van der Waals surface area contributed by atoms with Crippen molar-refractivity contribution in [3.05, 3.63) is 24.0 Å². The van der Waals surface area contributed by atoms with Gasteiger partial charge in [-0.25, -0.2) is 4.39 Å². The van der Waals surface area contributed by atoms with Gasteiger partial charge < -0.3 is 5.32 Å². The second-order valence-corrected chi connectivity index (χ2v) is 5.97. The van der Waals surface area contributed by atoms with E-state index in [9.17, 15) is 28.6 Å². The minimum Gasteiger partial charge on any atom is -0.323 e. The van der Waals surface area contributed by atoms with Crippen molar-refractivity contribution in [1.82, 2.24) is 0 Å². The van der Waals surface area contributed by atoms with E-state index < -0.39 is 38.4 Å². The van der Waals surface area contributed by atoms with Gasteiger partial charge in [0.15, 0.2) is 0 Å². The molecule has 0 atom stereocenters. The lowest BCUT2D eigenvalue weighted by Crippen LogP contribution is -2.14. The molecule has 0 saturated carbocycles. The van der Waals surface area contributed by atoms with Crippen LogP contribution in [-0.2, 0) is 4.79 Å². The molecular formula is C8H6ClF6NOS. The maximum atomic E-state index is 13.1. The highest BCUT2D eigenvalue weighted by molar-refractivity contribution is 8.45. The van der Waals surface area contributed by atoms with Crippen molar-refractivity contribution in [2.45, 2.75) is 4.90 Å².